The summed E-state index contributed by atoms with van der Waals surface area (Å²) in [6, 6.07) is 5.69. The van der Waals surface area contributed by atoms with Gasteiger partial charge in [-0.1, -0.05) is 18.2 Å². The molecule has 86 valence electrons. The number of carbonyl (C=O) groups excluding carboxylic acids is 1. The van der Waals surface area contributed by atoms with E-state index in [1.54, 1.807) is 0 Å². The predicted octanol–water partition coefficient (Wildman–Crippen LogP) is 0.703. The maximum absolute atomic E-state index is 11.4. The number of hydrogen-bond acceptors (Lipinski definition) is 3. The molecular formula is C11H13NO3S. The summed E-state index contributed by atoms with van der Waals surface area (Å²) in [5.41, 5.74) is 2.97. The van der Waals surface area contributed by atoms with Crippen molar-refractivity contribution in [3.05, 3.63) is 34.9 Å². The second-order valence-electron chi connectivity index (χ2n) is 4.00. The van der Waals surface area contributed by atoms with Crippen LogP contribution in [0.15, 0.2) is 18.2 Å². The summed E-state index contributed by atoms with van der Waals surface area (Å²) < 4.78 is 24.2. The lowest BCUT2D eigenvalue weighted by Gasteiger charge is -2.10. The number of carbonyl (C=O) groups is 1. The first-order chi connectivity index (χ1) is 7.50. The van der Waals surface area contributed by atoms with Gasteiger partial charge in [0.15, 0.2) is 0 Å². The van der Waals surface area contributed by atoms with E-state index in [9.17, 15) is 13.2 Å². The zero-order chi connectivity index (χ0) is 11.8. The summed E-state index contributed by atoms with van der Waals surface area (Å²) in [4.78, 5) is 10.4. The van der Waals surface area contributed by atoms with E-state index in [4.69, 9.17) is 0 Å². The molecule has 16 heavy (non-hydrogen) atoms. The van der Waals surface area contributed by atoms with E-state index >= 15 is 0 Å². The van der Waals surface area contributed by atoms with Crippen LogP contribution in [0.2, 0.25) is 0 Å². The molecule has 1 aliphatic heterocycles. The van der Waals surface area contributed by atoms with Gasteiger partial charge in [0.1, 0.15) is 6.29 Å². The van der Waals surface area contributed by atoms with Gasteiger partial charge in [0, 0.05) is 19.5 Å². The largest absolute Gasteiger partial charge is 0.303 e. The summed E-state index contributed by atoms with van der Waals surface area (Å²) in [5, 5.41) is 0. The molecular weight excluding hydrogens is 226 g/mol. The molecule has 0 spiro atoms. The molecule has 1 aromatic carbocycles. The van der Waals surface area contributed by atoms with Gasteiger partial charge in [-0.3, -0.25) is 0 Å². The monoisotopic (exact) mass is 239 g/mol. The number of rotatable bonds is 3. The van der Waals surface area contributed by atoms with Crippen LogP contribution in [0.25, 0.3) is 0 Å². The summed E-state index contributed by atoms with van der Waals surface area (Å²) in [5.74, 6) is 0. The van der Waals surface area contributed by atoms with Gasteiger partial charge in [0.05, 0.1) is 6.26 Å². The molecule has 0 bridgehead atoms. The van der Waals surface area contributed by atoms with E-state index in [-0.39, 0.29) is 0 Å². The van der Waals surface area contributed by atoms with Gasteiger partial charge in [0.2, 0.25) is 10.0 Å². The van der Waals surface area contributed by atoms with Gasteiger partial charge in [-0.2, -0.15) is 4.31 Å². The van der Waals surface area contributed by atoms with E-state index in [1.807, 2.05) is 18.2 Å². The molecule has 2 rings (SSSR count). The Hall–Kier alpha value is -1.20. The minimum absolute atomic E-state index is 0.381. The average Bonchev–Trinajstić information content (AvgIpc) is 2.60. The van der Waals surface area contributed by atoms with Crippen molar-refractivity contribution in [2.24, 2.45) is 0 Å². The molecule has 0 saturated heterocycles. The van der Waals surface area contributed by atoms with Crippen LogP contribution in [-0.4, -0.2) is 25.3 Å². The van der Waals surface area contributed by atoms with Crippen molar-refractivity contribution >= 4 is 16.3 Å². The molecule has 5 heteroatoms. The Morgan fingerprint density at radius 2 is 2.00 bits per heavy atom. The predicted molar refractivity (Wildman–Crippen MR) is 60.3 cm³/mol. The topological polar surface area (TPSA) is 54.5 Å². The number of aldehydes is 1. The first-order valence-corrected chi connectivity index (χ1v) is 6.85. The maximum atomic E-state index is 11.4. The lowest BCUT2D eigenvalue weighted by atomic mass is 10.1. The highest BCUT2D eigenvalue weighted by molar-refractivity contribution is 7.88. The van der Waals surface area contributed by atoms with Crippen LogP contribution in [0, 0.1) is 0 Å². The number of sulfonamides is 1. The molecule has 0 aromatic heterocycles. The Bertz CT molecular complexity index is 522. The van der Waals surface area contributed by atoms with Crippen molar-refractivity contribution in [3.63, 3.8) is 0 Å². The summed E-state index contributed by atoms with van der Waals surface area (Å²) in [7, 11) is -3.13. The Labute approximate surface area is 94.9 Å². The van der Waals surface area contributed by atoms with Crippen LogP contribution >= 0.6 is 0 Å². The maximum Gasteiger partial charge on any atom is 0.211 e. The molecule has 0 saturated carbocycles. The Kier molecular flexibility index (Phi) is 2.82. The number of nitrogens with zero attached hydrogens (tertiary/aromatic N) is 1. The highest BCUT2D eigenvalue weighted by Gasteiger charge is 2.25. The van der Waals surface area contributed by atoms with Gasteiger partial charge in [-0.25, -0.2) is 8.42 Å². The van der Waals surface area contributed by atoms with Crippen LogP contribution in [0.5, 0.6) is 0 Å². The second kappa shape index (κ2) is 3.99. The minimum Gasteiger partial charge on any atom is -0.303 e. The van der Waals surface area contributed by atoms with Gasteiger partial charge in [0.25, 0.3) is 0 Å². The third-order valence-corrected chi connectivity index (χ3v) is 3.95. The first-order valence-electron chi connectivity index (χ1n) is 5.00. The highest BCUT2D eigenvalue weighted by atomic mass is 32.2. The lowest BCUT2D eigenvalue weighted by Crippen LogP contribution is -2.23. The van der Waals surface area contributed by atoms with Crippen LogP contribution < -0.4 is 0 Å². The lowest BCUT2D eigenvalue weighted by molar-refractivity contribution is -0.107. The van der Waals surface area contributed by atoms with E-state index in [0.29, 0.717) is 19.5 Å². The smallest absolute Gasteiger partial charge is 0.211 e. The van der Waals surface area contributed by atoms with Crippen LogP contribution in [0.3, 0.4) is 0 Å². The molecule has 4 nitrogen and oxygen atoms in total. The second-order valence-corrected chi connectivity index (χ2v) is 5.99. The minimum atomic E-state index is -3.13. The molecule has 0 amide bonds. The third kappa shape index (κ3) is 2.15. The Morgan fingerprint density at radius 1 is 1.31 bits per heavy atom. The number of benzene rings is 1. The highest BCUT2D eigenvalue weighted by Crippen LogP contribution is 2.25. The van der Waals surface area contributed by atoms with Crippen molar-refractivity contribution in [1.29, 1.82) is 0 Å². The molecule has 0 atom stereocenters. The van der Waals surface area contributed by atoms with Gasteiger partial charge in [-0.15, -0.1) is 0 Å². The molecule has 0 aliphatic carbocycles. The fourth-order valence-corrected chi connectivity index (χ4v) is 2.62. The zero-order valence-corrected chi connectivity index (χ0v) is 9.83. The zero-order valence-electron chi connectivity index (χ0n) is 9.01. The number of hydrogen-bond donors (Lipinski definition) is 0. The molecule has 1 aliphatic rings. The van der Waals surface area contributed by atoms with E-state index in [0.717, 1.165) is 23.0 Å². The van der Waals surface area contributed by atoms with E-state index < -0.39 is 10.0 Å². The average molecular weight is 239 g/mol. The van der Waals surface area contributed by atoms with Crippen LogP contribution in [-0.2, 0) is 34.3 Å². The van der Waals surface area contributed by atoms with Gasteiger partial charge >= 0.3 is 0 Å². The van der Waals surface area contributed by atoms with Crippen molar-refractivity contribution in [2.75, 3.05) is 6.26 Å². The van der Waals surface area contributed by atoms with Crippen molar-refractivity contribution in [2.45, 2.75) is 19.5 Å². The quantitative estimate of drug-likeness (QED) is 0.730. The summed E-state index contributed by atoms with van der Waals surface area (Å²) >= 11 is 0. The normalized spacial score (nSPS) is 16.1. The molecule has 0 unspecified atom stereocenters. The SMILES string of the molecule is CS(=O)(=O)N1Cc2ccc(CC=O)cc2C1. The fourth-order valence-electron chi connectivity index (χ4n) is 1.87. The van der Waals surface area contributed by atoms with E-state index in [1.165, 1.54) is 10.6 Å². The van der Waals surface area contributed by atoms with Crippen molar-refractivity contribution in [1.82, 2.24) is 4.31 Å². The Balaban J connectivity index is 2.28. The standard InChI is InChI=1S/C11H13NO3S/c1-16(14,15)12-7-10-3-2-9(4-5-13)6-11(10)8-12/h2-3,5-6H,4,7-8H2,1H3. The van der Waals surface area contributed by atoms with Gasteiger partial charge < -0.3 is 4.79 Å². The summed E-state index contributed by atoms with van der Waals surface area (Å²) in [6.45, 7) is 0.858. The first kappa shape index (κ1) is 11.3. The fraction of sp³-hybridized carbons (Fsp3) is 0.364. The van der Waals surface area contributed by atoms with Crippen LogP contribution in [0.1, 0.15) is 16.7 Å². The van der Waals surface area contributed by atoms with Crippen molar-refractivity contribution in [3.8, 4) is 0 Å². The van der Waals surface area contributed by atoms with E-state index in [2.05, 4.69) is 0 Å². The Morgan fingerprint density at radius 3 is 2.62 bits per heavy atom. The number of fused-ring (bicyclic) bond motifs is 1. The van der Waals surface area contributed by atoms with Crippen molar-refractivity contribution < 1.29 is 13.2 Å². The molecule has 1 aromatic rings. The molecule has 1 heterocycles. The molecule has 0 fully saturated rings. The van der Waals surface area contributed by atoms with Crippen LogP contribution in [0.4, 0.5) is 0 Å². The molecule has 0 N–H and O–H groups in total. The third-order valence-electron chi connectivity index (χ3n) is 2.75. The van der Waals surface area contributed by atoms with Gasteiger partial charge in [-0.05, 0) is 16.7 Å². The molecule has 0 radical (unpaired) electrons. The summed E-state index contributed by atoms with van der Waals surface area (Å²) in [6.07, 6.45) is 2.45.